The number of rotatable bonds is 4. The number of hydrogen-bond acceptors (Lipinski definition) is 3. The summed E-state index contributed by atoms with van der Waals surface area (Å²) in [4.78, 5) is 17.8. The molecule has 5 rings (SSSR count). The second kappa shape index (κ2) is 7.56. The normalized spacial score (nSPS) is 19.3. The van der Waals surface area contributed by atoms with Crippen LogP contribution in [0.2, 0.25) is 0 Å². The topological polar surface area (TPSA) is 37.7 Å². The molecule has 2 aliphatic rings. The monoisotopic (exact) mass is 389 g/mol. The van der Waals surface area contributed by atoms with Crippen molar-refractivity contribution in [2.24, 2.45) is 0 Å². The molecular formula is C24H27N3O2. The maximum atomic E-state index is 13.4. The highest BCUT2D eigenvalue weighted by Crippen LogP contribution is 2.34. The zero-order valence-corrected chi connectivity index (χ0v) is 16.9. The quantitative estimate of drug-likeness (QED) is 0.682. The van der Waals surface area contributed by atoms with Gasteiger partial charge in [0, 0.05) is 38.1 Å². The van der Waals surface area contributed by atoms with Crippen LogP contribution in [0.3, 0.4) is 0 Å². The van der Waals surface area contributed by atoms with Gasteiger partial charge in [0.05, 0.1) is 12.1 Å². The number of carbonyl (C=O) groups excluding carboxylic acids is 1. The second-order valence-electron chi connectivity index (χ2n) is 8.04. The van der Waals surface area contributed by atoms with Gasteiger partial charge >= 0.3 is 0 Å². The fraction of sp³-hybridized carbons (Fsp3) is 0.375. The maximum absolute atomic E-state index is 13.4. The highest BCUT2D eigenvalue weighted by molar-refractivity contribution is 6.00. The van der Waals surface area contributed by atoms with Gasteiger partial charge in [0.15, 0.2) is 0 Å². The largest absolute Gasteiger partial charge is 0.486 e. The van der Waals surface area contributed by atoms with Crippen LogP contribution in [0.4, 0.5) is 0 Å². The number of nitrogens with zero attached hydrogens (tertiary/aromatic N) is 3. The first-order valence-corrected chi connectivity index (χ1v) is 10.6. The molecule has 0 N–H and O–H groups in total. The van der Waals surface area contributed by atoms with Gasteiger partial charge in [-0.1, -0.05) is 49.4 Å². The Kier molecular flexibility index (Phi) is 4.76. The van der Waals surface area contributed by atoms with E-state index in [1.807, 2.05) is 29.2 Å². The van der Waals surface area contributed by atoms with Crippen molar-refractivity contribution in [1.82, 2.24) is 14.4 Å². The summed E-state index contributed by atoms with van der Waals surface area (Å²) >= 11 is 0. The molecular weight excluding hydrogens is 362 g/mol. The fourth-order valence-corrected chi connectivity index (χ4v) is 4.50. The van der Waals surface area contributed by atoms with Gasteiger partial charge in [0.2, 0.25) is 0 Å². The summed E-state index contributed by atoms with van der Waals surface area (Å²) in [5.74, 6) is 1.04. The predicted molar refractivity (Wildman–Crippen MR) is 114 cm³/mol. The molecule has 0 aliphatic carbocycles. The van der Waals surface area contributed by atoms with Gasteiger partial charge in [-0.15, -0.1) is 0 Å². The third-order valence-corrected chi connectivity index (χ3v) is 6.15. The highest BCUT2D eigenvalue weighted by Gasteiger charge is 2.29. The lowest BCUT2D eigenvalue weighted by Gasteiger charge is -2.35. The standard InChI is InChI=1S/C24H27N3O2/c1-2-20-17-27-21(15-19-9-6-10-22(29-20)23(19)27)24(28)26-13-11-25(12-14-26)16-18-7-4-3-5-8-18/h3-10,15,20H,2,11-14,16-17H2,1H3/t20-/m1/s1. The summed E-state index contributed by atoms with van der Waals surface area (Å²) < 4.78 is 8.29. The molecule has 150 valence electrons. The average Bonchev–Trinajstić information content (AvgIpc) is 3.14. The lowest BCUT2D eigenvalue weighted by Crippen LogP contribution is -2.48. The van der Waals surface area contributed by atoms with Crippen molar-refractivity contribution in [3.8, 4) is 5.75 Å². The van der Waals surface area contributed by atoms with E-state index in [-0.39, 0.29) is 12.0 Å². The lowest BCUT2D eigenvalue weighted by atomic mass is 10.2. The molecule has 1 atom stereocenters. The first kappa shape index (κ1) is 18.3. The van der Waals surface area contributed by atoms with Crippen LogP contribution in [0.5, 0.6) is 5.75 Å². The number of carbonyl (C=O) groups is 1. The van der Waals surface area contributed by atoms with E-state index in [9.17, 15) is 4.79 Å². The Morgan fingerprint density at radius 1 is 1.03 bits per heavy atom. The number of ether oxygens (including phenoxy) is 1. The molecule has 2 aliphatic heterocycles. The molecule has 0 saturated carbocycles. The van der Waals surface area contributed by atoms with E-state index >= 15 is 0 Å². The molecule has 1 amide bonds. The van der Waals surface area contributed by atoms with E-state index in [1.165, 1.54) is 5.56 Å². The minimum Gasteiger partial charge on any atom is -0.486 e. The molecule has 5 nitrogen and oxygen atoms in total. The smallest absolute Gasteiger partial charge is 0.270 e. The molecule has 2 aromatic carbocycles. The van der Waals surface area contributed by atoms with Crippen molar-refractivity contribution in [2.75, 3.05) is 26.2 Å². The molecule has 3 heterocycles. The number of benzene rings is 2. The van der Waals surface area contributed by atoms with E-state index in [2.05, 4.69) is 46.7 Å². The van der Waals surface area contributed by atoms with E-state index < -0.39 is 0 Å². The van der Waals surface area contributed by atoms with Crippen LogP contribution < -0.4 is 4.74 Å². The van der Waals surface area contributed by atoms with Gasteiger partial charge in [0.1, 0.15) is 17.5 Å². The van der Waals surface area contributed by atoms with Crippen LogP contribution in [0.15, 0.2) is 54.6 Å². The van der Waals surface area contributed by atoms with Crippen LogP contribution in [0, 0.1) is 0 Å². The number of para-hydroxylation sites is 1. The summed E-state index contributed by atoms with van der Waals surface area (Å²) in [6.45, 7) is 7.18. The van der Waals surface area contributed by atoms with Crippen molar-refractivity contribution in [3.63, 3.8) is 0 Å². The van der Waals surface area contributed by atoms with Gasteiger partial charge in [-0.3, -0.25) is 9.69 Å². The Hall–Kier alpha value is -2.79. The van der Waals surface area contributed by atoms with Crippen molar-refractivity contribution in [3.05, 3.63) is 65.9 Å². The van der Waals surface area contributed by atoms with Crippen molar-refractivity contribution in [2.45, 2.75) is 32.5 Å². The van der Waals surface area contributed by atoms with Crippen molar-refractivity contribution >= 4 is 16.8 Å². The minimum atomic E-state index is 0.120. The molecule has 1 saturated heterocycles. The minimum absolute atomic E-state index is 0.120. The van der Waals surface area contributed by atoms with Gasteiger partial charge in [-0.05, 0) is 24.1 Å². The Balaban J connectivity index is 1.33. The first-order chi connectivity index (χ1) is 14.2. The number of hydrogen-bond donors (Lipinski definition) is 0. The maximum Gasteiger partial charge on any atom is 0.270 e. The van der Waals surface area contributed by atoms with Crippen molar-refractivity contribution < 1.29 is 9.53 Å². The molecule has 1 fully saturated rings. The van der Waals surface area contributed by atoms with Crippen LogP contribution in [-0.4, -0.2) is 52.6 Å². The molecule has 29 heavy (non-hydrogen) atoms. The van der Waals surface area contributed by atoms with Crippen LogP contribution in [-0.2, 0) is 13.1 Å². The summed E-state index contributed by atoms with van der Waals surface area (Å²) in [6, 6.07) is 18.7. The number of amides is 1. The third-order valence-electron chi connectivity index (χ3n) is 6.15. The summed E-state index contributed by atoms with van der Waals surface area (Å²) in [5, 5.41) is 1.09. The van der Waals surface area contributed by atoms with E-state index in [0.717, 1.165) is 68.0 Å². The fourth-order valence-electron chi connectivity index (χ4n) is 4.50. The molecule has 0 bridgehead atoms. The van der Waals surface area contributed by atoms with Crippen LogP contribution >= 0.6 is 0 Å². The Morgan fingerprint density at radius 2 is 1.83 bits per heavy atom. The number of aromatic nitrogens is 1. The Morgan fingerprint density at radius 3 is 2.59 bits per heavy atom. The third kappa shape index (κ3) is 3.40. The van der Waals surface area contributed by atoms with Crippen LogP contribution in [0.25, 0.3) is 10.9 Å². The van der Waals surface area contributed by atoms with E-state index in [1.54, 1.807) is 0 Å². The van der Waals surface area contributed by atoms with Gasteiger partial charge in [0.25, 0.3) is 5.91 Å². The van der Waals surface area contributed by atoms with E-state index in [4.69, 9.17) is 4.74 Å². The molecule has 5 heteroatoms. The van der Waals surface area contributed by atoms with Crippen molar-refractivity contribution in [1.29, 1.82) is 0 Å². The predicted octanol–water partition coefficient (Wildman–Crippen LogP) is 3.77. The summed E-state index contributed by atoms with van der Waals surface area (Å²) in [5.41, 5.74) is 3.18. The molecule has 3 aromatic rings. The summed E-state index contributed by atoms with van der Waals surface area (Å²) in [6.07, 6.45) is 1.05. The van der Waals surface area contributed by atoms with E-state index in [0.29, 0.717) is 0 Å². The molecule has 0 unspecified atom stereocenters. The second-order valence-corrected chi connectivity index (χ2v) is 8.04. The molecule has 1 aromatic heterocycles. The van der Waals surface area contributed by atoms with Gasteiger partial charge < -0.3 is 14.2 Å². The SMILES string of the molecule is CC[C@@H]1Cn2c(C(=O)N3CCN(Cc4ccccc4)CC3)cc3cccc(c32)O1. The summed E-state index contributed by atoms with van der Waals surface area (Å²) in [7, 11) is 0. The van der Waals surface area contributed by atoms with Gasteiger partial charge in [-0.2, -0.15) is 0 Å². The first-order valence-electron chi connectivity index (χ1n) is 10.6. The molecule has 0 spiro atoms. The molecule has 0 radical (unpaired) electrons. The van der Waals surface area contributed by atoms with Gasteiger partial charge in [-0.25, -0.2) is 0 Å². The zero-order chi connectivity index (χ0) is 19.8. The van der Waals surface area contributed by atoms with Crippen LogP contribution in [0.1, 0.15) is 29.4 Å². The Bertz CT molecular complexity index is 1020. The average molecular weight is 389 g/mol. The zero-order valence-electron chi connectivity index (χ0n) is 16.9. The lowest BCUT2D eigenvalue weighted by molar-refractivity contribution is 0.0613. The number of piperazine rings is 1. The highest BCUT2D eigenvalue weighted by atomic mass is 16.5. The Labute approximate surface area is 171 Å².